The number of ether oxygens (including phenoxy) is 1. The number of aromatic nitrogens is 1. The molecule has 5 heteroatoms. The van der Waals surface area contributed by atoms with E-state index in [4.69, 9.17) is 9.15 Å². The predicted octanol–water partition coefficient (Wildman–Crippen LogP) is 3.74. The molecule has 84 valence electrons. The summed E-state index contributed by atoms with van der Waals surface area (Å²) in [6.45, 7) is 0. The van der Waals surface area contributed by atoms with Gasteiger partial charge in [-0.05, 0) is 23.8 Å². The van der Waals surface area contributed by atoms with E-state index in [0.717, 1.165) is 21.5 Å². The molecule has 0 fully saturated rings. The average Bonchev–Trinajstić information content (AvgIpc) is 2.81. The first-order chi connectivity index (χ1) is 7.79. The third-order valence-corrected chi connectivity index (χ3v) is 3.69. The van der Waals surface area contributed by atoms with Crippen molar-refractivity contribution in [3.05, 3.63) is 40.7 Å². The molecule has 0 atom stereocenters. The van der Waals surface area contributed by atoms with Crippen LogP contribution in [0.15, 0.2) is 44.8 Å². The third kappa shape index (κ3) is 2.80. The summed E-state index contributed by atoms with van der Waals surface area (Å²) < 4.78 is 11.4. The first-order valence-electron chi connectivity index (χ1n) is 4.64. The molecule has 0 saturated carbocycles. The van der Waals surface area contributed by atoms with Crippen LogP contribution in [0.5, 0.6) is 5.75 Å². The van der Waals surface area contributed by atoms with Crippen LogP contribution in [0, 0.1) is 0 Å². The highest BCUT2D eigenvalue weighted by atomic mass is 79.9. The Labute approximate surface area is 106 Å². The summed E-state index contributed by atoms with van der Waals surface area (Å²) in [7, 11) is 1.66. The Balaban J connectivity index is 2.08. The van der Waals surface area contributed by atoms with Crippen molar-refractivity contribution in [2.75, 3.05) is 7.11 Å². The monoisotopic (exact) mass is 299 g/mol. The number of thioether (sulfide) groups is 1. The van der Waals surface area contributed by atoms with Gasteiger partial charge in [-0.25, -0.2) is 4.98 Å². The van der Waals surface area contributed by atoms with E-state index in [-0.39, 0.29) is 0 Å². The van der Waals surface area contributed by atoms with E-state index in [1.807, 2.05) is 18.2 Å². The Morgan fingerprint density at radius 2 is 2.38 bits per heavy atom. The van der Waals surface area contributed by atoms with Gasteiger partial charge >= 0.3 is 0 Å². The molecule has 0 spiro atoms. The Kier molecular flexibility index (Phi) is 3.90. The zero-order valence-electron chi connectivity index (χ0n) is 8.64. The zero-order valence-corrected chi connectivity index (χ0v) is 11.0. The van der Waals surface area contributed by atoms with Gasteiger partial charge in [-0.1, -0.05) is 27.7 Å². The average molecular weight is 300 g/mol. The minimum Gasteiger partial charge on any atom is -0.497 e. The second-order valence-electron chi connectivity index (χ2n) is 3.04. The van der Waals surface area contributed by atoms with Gasteiger partial charge in [-0.3, -0.25) is 0 Å². The summed E-state index contributed by atoms with van der Waals surface area (Å²) in [5.74, 6) is 1.64. The largest absolute Gasteiger partial charge is 0.497 e. The lowest BCUT2D eigenvalue weighted by Crippen LogP contribution is -1.87. The molecule has 1 aromatic heterocycles. The van der Waals surface area contributed by atoms with Crippen LogP contribution in [0.2, 0.25) is 0 Å². The van der Waals surface area contributed by atoms with E-state index < -0.39 is 0 Å². The maximum atomic E-state index is 5.18. The van der Waals surface area contributed by atoms with Crippen molar-refractivity contribution in [3.8, 4) is 5.75 Å². The summed E-state index contributed by atoms with van der Waals surface area (Å²) in [6, 6.07) is 5.90. The molecule has 2 aromatic rings. The van der Waals surface area contributed by atoms with Crippen LogP contribution in [-0.2, 0) is 5.75 Å². The topological polar surface area (TPSA) is 35.3 Å². The standard InChI is InChI=1S/C11H10BrNO2S/c1-14-9-2-3-10(12)8(6-9)7-16-11-13-4-5-15-11/h2-6H,7H2,1H3. The minimum absolute atomic E-state index is 0.676. The van der Waals surface area contributed by atoms with Crippen molar-refractivity contribution >= 4 is 27.7 Å². The third-order valence-electron chi connectivity index (χ3n) is 2.01. The summed E-state index contributed by atoms with van der Waals surface area (Å²) in [6.07, 6.45) is 3.21. The van der Waals surface area contributed by atoms with Crippen molar-refractivity contribution in [2.24, 2.45) is 0 Å². The summed E-state index contributed by atoms with van der Waals surface area (Å²) in [5, 5.41) is 0.676. The smallest absolute Gasteiger partial charge is 0.255 e. The molecule has 16 heavy (non-hydrogen) atoms. The molecule has 0 bridgehead atoms. The highest BCUT2D eigenvalue weighted by molar-refractivity contribution is 9.10. The van der Waals surface area contributed by atoms with Gasteiger partial charge in [0.15, 0.2) is 0 Å². The number of oxazole rings is 1. The zero-order chi connectivity index (χ0) is 11.4. The molecule has 0 amide bonds. The predicted molar refractivity (Wildman–Crippen MR) is 66.8 cm³/mol. The summed E-state index contributed by atoms with van der Waals surface area (Å²) in [5.41, 5.74) is 1.16. The fourth-order valence-corrected chi connectivity index (χ4v) is 2.56. The molecular weight excluding hydrogens is 290 g/mol. The molecule has 0 aliphatic carbocycles. The van der Waals surface area contributed by atoms with Crippen molar-refractivity contribution in [2.45, 2.75) is 11.0 Å². The normalized spacial score (nSPS) is 10.4. The lowest BCUT2D eigenvalue weighted by molar-refractivity contribution is 0.414. The highest BCUT2D eigenvalue weighted by Gasteiger charge is 2.05. The Bertz CT molecular complexity index is 459. The molecular formula is C11H10BrNO2S. The van der Waals surface area contributed by atoms with Crippen LogP contribution in [0.1, 0.15) is 5.56 Å². The van der Waals surface area contributed by atoms with Gasteiger partial charge in [0, 0.05) is 10.2 Å². The van der Waals surface area contributed by atoms with Crippen molar-refractivity contribution < 1.29 is 9.15 Å². The molecule has 0 N–H and O–H groups in total. The van der Waals surface area contributed by atoms with E-state index >= 15 is 0 Å². The van der Waals surface area contributed by atoms with Gasteiger partial charge in [-0.15, -0.1) is 0 Å². The van der Waals surface area contributed by atoms with Gasteiger partial charge in [-0.2, -0.15) is 0 Å². The maximum Gasteiger partial charge on any atom is 0.255 e. The molecule has 2 rings (SSSR count). The van der Waals surface area contributed by atoms with Crippen LogP contribution in [0.25, 0.3) is 0 Å². The fourth-order valence-electron chi connectivity index (χ4n) is 1.21. The van der Waals surface area contributed by atoms with Gasteiger partial charge in [0.2, 0.25) is 0 Å². The number of rotatable bonds is 4. The number of methoxy groups -OCH3 is 1. The molecule has 0 saturated heterocycles. The second kappa shape index (κ2) is 5.41. The van der Waals surface area contributed by atoms with Crippen LogP contribution >= 0.6 is 27.7 Å². The maximum absolute atomic E-state index is 5.18. The van der Waals surface area contributed by atoms with Crippen LogP contribution in [-0.4, -0.2) is 12.1 Å². The van der Waals surface area contributed by atoms with Crippen LogP contribution < -0.4 is 4.74 Å². The van der Waals surface area contributed by atoms with Gasteiger partial charge < -0.3 is 9.15 Å². The fraction of sp³-hybridized carbons (Fsp3) is 0.182. The number of hydrogen-bond acceptors (Lipinski definition) is 4. The van der Waals surface area contributed by atoms with Crippen molar-refractivity contribution in [1.82, 2.24) is 4.98 Å². The summed E-state index contributed by atoms with van der Waals surface area (Å²) in [4.78, 5) is 4.05. The first kappa shape index (κ1) is 11.5. The number of hydrogen-bond donors (Lipinski definition) is 0. The minimum atomic E-state index is 0.676. The first-order valence-corrected chi connectivity index (χ1v) is 6.42. The van der Waals surface area contributed by atoms with E-state index in [1.165, 1.54) is 0 Å². The van der Waals surface area contributed by atoms with E-state index in [1.54, 1.807) is 31.3 Å². The van der Waals surface area contributed by atoms with E-state index in [9.17, 15) is 0 Å². The molecule has 1 aromatic carbocycles. The van der Waals surface area contributed by atoms with E-state index in [0.29, 0.717) is 5.22 Å². The van der Waals surface area contributed by atoms with Crippen LogP contribution in [0.4, 0.5) is 0 Å². The molecule has 0 aliphatic heterocycles. The lowest BCUT2D eigenvalue weighted by Gasteiger charge is -2.05. The van der Waals surface area contributed by atoms with Crippen molar-refractivity contribution in [1.29, 1.82) is 0 Å². The number of halogens is 1. The lowest BCUT2D eigenvalue weighted by atomic mass is 10.2. The Morgan fingerprint density at radius 3 is 3.06 bits per heavy atom. The highest BCUT2D eigenvalue weighted by Crippen LogP contribution is 2.28. The van der Waals surface area contributed by atoms with E-state index in [2.05, 4.69) is 20.9 Å². The molecule has 0 unspecified atom stereocenters. The number of benzene rings is 1. The SMILES string of the molecule is COc1ccc(Br)c(CSc2ncco2)c1. The summed E-state index contributed by atoms with van der Waals surface area (Å²) >= 11 is 5.05. The van der Waals surface area contributed by atoms with Crippen LogP contribution in [0.3, 0.4) is 0 Å². The van der Waals surface area contributed by atoms with Crippen molar-refractivity contribution in [3.63, 3.8) is 0 Å². The second-order valence-corrected chi connectivity index (χ2v) is 4.82. The Hall–Kier alpha value is -0.940. The van der Waals surface area contributed by atoms with Gasteiger partial charge in [0.1, 0.15) is 12.0 Å². The quantitative estimate of drug-likeness (QED) is 0.806. The molecule has 0 aliphatic rings. The molecule has 1 heterocycles. The van der Waals surface area contributed by atoms with Gasteiger partial charge in [0.25, 0.3) is 5.22 Å². The molecule has 3 nitrogen and oxygen atoms in total. The Morgan fingerprint density at radius 1 is 1.50 bits per heavy atom. The number of nitrogens with zero attached hydrogens (tertiary/aromatic N) is 1. The molecule has 0 radical (unpaired) electrons. The van der Waals surface area contributed by atoms with Gasteiger partial charge in [0.05, 0.1) is 13.3 Å².